The monoisotopic (exact) mass is 180 g/mol. The van der Waals surface area contributed by atoms with E-state index >= 15 is 0 Å². The van der Waals surface area contributed by atoms with Crippen LogP contribution in [0.3, 0.4) is 0 Å². The summed E-state index contributed by atoms with van der Waals surface area (Å²) in [6, 6.07) is 1.62. The molecule has 1 aromatic heterocycles. The molecular formula is C9H10NO3. The lowest BCUT2D eigenvalue weighted by Gasteiger charge is -2.05. The van der Waals surface area contributed by atoms with Crippen LogP contribution in [-0.2, 0) is 16.5 Å². The van der Waals surface area contributed by atoms with Gasteiger partial charge in [0.25, 0.3) is 0 Å². The van der Waals surface area contributed by atoms with Gasteiger partial charge in [-0.1, -0.05) is 0 Å². The summed E-state index contributed by atoms with van der Waals surface area (Å²) in [7, 11) is 0. The van der Waals surface area contributed by atoms with E-state index in [4.69, 9.17) is 4.74 Å². The van der Waals surface area contributed by atoms with Gasteiger partial charge in [0.1, 0.15) is 6.61 Å². The molecule has 0 saturated heterocycles. The topological polar surface area (TPSA) is 59.1 Å². The van der Waals surface area contributed by atoms with Crippen LogP contribution in [0.5, 0.6) is 5.75 Å². The molecule has 1 heterocycles. The lowest BCUT2D eigenvalue weighted by atomic mass is 10.2. The van der Waals surface area contributed by atoms with Crippen LogP contribution in [0.25, 0.3) is 0 Å². The third-order valence-corrected chi connectivity index (χ3v) is 1.49. The van der Waals surface area contributed by atoms with E-state index in [1.165, 1.54) is 13.1 Å². The molecule has 1 radical (unpaired) electrons. The molecule has 0 aliphatic carbocycles. The molecule has 1 aromatic rings. The van der Waals surface area contributed by atoms with E-state index in [-0.39, 0.29) is 5.75 Å². The van der Waals surface area contributed by atoms with Gasteiger partial charge in [0.15, 0.2) is 5.75 Å². The first kappa shape index (κ1) is 9.67. The van der Waals surface area contributed by atoms with Gasteiger partial charge in [-0.3, -0.25) is 9.78 Å². The van der Waals surface area contributed by atoms with Crippen molar-refractivity contribution in [3.8, 4) is 5.75 Å². The minimum atomic E-state index is -0.444. The molecule has 0 unspecified atom stereocenters. The van der Waals surface area contributed by atoms with Crippen molar-refractivity contribution < 1.29 is 14.6 Å². The summed E-state index contributed by atoms with van der Waals surface area (Å²) < 4.78 is 4.79. The third-order valence-electron chi connectivity index (χ3n) is 1.49. The number of esters is 1. The highest BCUT2D eigenvalue weighted by Gasteiger charge is 2.06. The number of hydrogen-bond donors (Lipinski definition) is 0. The van der Waals surface area contributed by atoms with Crippen LogP contribution in [-0.4, -0.2) is 11.0 Å². The minimum absolute atomic E-state index is 0.258. The Kier molecular flexibility index (Phi) is 2.97. The number of pyridine rings is 1. The van der Waals surface area contributed by atoms with Crippen LogP contribution < -0.4 is 4.74 Å². The second kappa shape index (κ2) is 4.00. The van der Waals surface area contributed by atoms with Crippen LogP contribution >= 0.6 is 0 Å². The smallest absolute Gasteiger partial charge is 0.308 e. The fourth-order valence-electron chi connectivity index (χ4n) is 0.963. The molecule has 0 fully saturated rings. The minimum Gasteiger partial charge on any atom is -0.425 e. The Morgan fingerprint density at radius 3 is 2.85 bits per heavy atom. The standard InChI is InChI=1S/C9H10NO3/c1-6-3-8(5-11)9(4-10-6)13-7(2)12/h3-4H,5H2,1-2H3. The summed E-state index contributed by atoms with van der Waals surface area (Å²) in [6.07, 6.45) is 1.39. The summed E-state index contributed by atoms with van der Waals surface area (Å²) in [5, 5.41) is 10.7. The van der Waals surface area contributed by atoms with E-state index < -0.39 is 12.6 Å². The van der Waals surface area contributed by atoms with Crippen molar-refractivity contribution in [2.45, 2.75) is 20.5 Å². The van der Waals surface area contributed by atoms with E-state index in [1.54, 1.807) is 13.0 Å². The van der Waals surface area contributed by atoms with Crippen LogP contribution in [0.1, 0.15) is 18.2 Å². The maximum atomic E-state index is 10.7. The first-order chi connectivity index (χ1) is 6.13. The van der Waals surface area contributed by atoms with Crippen LogP contribution in [0.2, 0.25) is 0 Å². The van der Waals surface area contributed by atoms with Crippen LogP contribution in [0.4, 0.5) is 0 Å². The summed E-state index contributed by atoms with van der Waals surface area (Å²) in [4.78, 5) is 14.5. The van der Waals surface area contributed by atoms with E-state index in [2.05, 4.69) is 4.98 Å². The molecule has 4 nitrogen and oxygen atoms in total. The number of aromatic nitrogens is 1. The van der Waals surface area contributed by atoms with Gasteiger partial charge in [-0.2, -0.15) is 0 Å². The molecule has 13 heavy (non-hydrogen) atoms. The summed E-state index contributed by atoms with van der Waals surface area (Å²) >= 11 is 0. The molecule has 0 spiro atoms. The lowest BCUT2D eigenvalue weighted by Crippen LogP contribution is -2.04. The number of carbonyl (C=O) groups excluding carboxylic acids is 1. The predicted molar refractivity (Wildman–Crippen MR) is 44.7 cm³/mol. The molecule has 0 saturated carbocycles. The van der Waals surface area contributed by atoms with E-state index in [0.29, 0.717) is 5.56 Å². The van der Waals surface area contributed by atoms with Gasteiger partial charge in [0, 0.05) is 18.2 Å². The van der Waals surface area contributed by atoms with Gasteiger partial charge in [-0.05, 0) is 13.0 Å². The molecule has 0 N–H and O–H groups in total. The number of ether oxygens (including phenoxy) is 1. The number of carbonyl (C=O) groups is 1. The largest absolute Gasteiger partial charge is 0.425 e. The second-order valence-electron chi connectivity index (χ2n) is 2.67. The normalized spacial score (nSPS) is 9.77. The molecule has 0 aromatic carbocycles. The van der Waals surface area contributed by atoms with Crippen molar-refractivity contribution in [3.05, 3.63) is 23.5 Å². The van der Waals surface area contributed by atoms with Crippen LogP contribution in [0, 0.1) is 6.92 Å². The Morgan fingerprint density at radius 1 is 1.62 bits per heavy atom. The van der Waals surface area contributed by atoms with Crippen molar-refractivity contribution in [3.63, 3.8) is 0 Å². The Morgan fingerprint density at radius 2 is 2.31 bits per heavy atom. The number of rotatable bonds is 2. The van der Waals surface area contributed by atoms with Crippen molar-refractivity contribution >= 4 is 5.97 Å². The summed E-state index contributed by atoms with van der Waals surface area (Å²) in [6.45, 7) is 2.65. The van der Waals surface area contributed by atoms with Gasteiger partial charge in [0.05, 0.1) is 6.20 Å². The van der Waals surface area contributed by atoms with Crippen molar-refractivity contribution in [1.82, 2.24) is 4.98 Å². The fourth-order valence-corrected chi connectivity index (χ4v) is 0.963. The molecule has 0 aliphatic heterocycles. The zero-order valence-electron chi connectivity index (χ0n) is 7.53. The molecule has 0 aliphatic rings. The molecule has 0 amide bonds. The van der Waals surface area contributed by atoms with E-state index in [9.17, 15) is 9.90 Å². The lowest BCUT2D eigenvalue weighted by molar-refractivity contribution is -0.132. The van der Waals surface area contributed by atoms with E-state index in [0.717, 1.165) is 5.69 Å². The predicted octanol–water partition coefficient (Wildman–Crippen LogP) is 1.25. The third kappa shape index (κ3) is 2.52. The van der Waals surface area contributed by atoms with Gasteiger partial charge in [-0.25, -0.2) is 5.11 Å². The zero-order valence-corrected chi connectivity index (χ0v) is 7.53. The fraction of sp³-hybridized carbons (Fsp3) is 0.333. The van der Waals surface area contributed by atoms with Gasteiger partial charge in [-0.15, -0.1) is 0 Å². The molecule has 4 heteroatoms. The number of hydrogen-bond acceptors (Lipinski definition) is 3. The highest BCUT2D eigenvalue weighted by atomic mass is 16.5. The van der Waals surface area contributed by atoms with E-state index in [1.807, 2.05) is 0 Å². The highest BCUT2D eigenvalue weighted by molar-refractivity contribution is 5.69. The van der Waals surface area contributed by atoms with Crippen molar-refractivity contribution in [2.75, 3.05) is 0 Å². The number of nitrogens with zero attached hydrogens (tertiary/aromatic N) is 1. The molecule has 0 atom stereocenters. The first-order valence-corrected chi connectivity index (χ1v) is 3.85. The molecule has 69 valence electrons. The summed E-state index contributed by atoms with van der Waals surface area (Å²) in [5.74, 6) is -0.187. The van der Waals surface area contributed by atoms with Gasteiger partial charge < -0.3 is 4.74 Å². The quantitative estimate of drug-likeness (QED) is 0.643. The molecule has 0 bridgehead atoms. The van der Waals surface area contributed by atoms with Gasteiger partial charge >= 0.3 is 5.97 Å². The Balaban J connectivity index is 2.99. The van der Waals surface area contributed by atoms with Crippen molar-refractivity contribution in [1.29, 1.82) is 0 Å². The Labute approximate surface area is 76.2 Å². The molecule has 1 rings (SSSR count). The summed E-state index contributed by atoms with van der Waals surface area (Å²) in [5.41, 5.74) is 1.20. The SMILES string of the molecule is CC(=O)Oc1cnc(C)cc1C[O]. The number of aryl methyl sites for hydroxylation is 1. The Hall–Kier alpha value is -1.42. The highest BCUT2D eigenvalue weighted by Crippen LogP contribution is 2.18. The maximum absolute atomic E-state index is 10.7. The molecular weight excluding hydrogens is 170 g/mol. The first-order valence-electron chi connectivity index (χ1n) is 3.85. The average molecular weight is 180 g/mol. The maximum Gasteiger partial charge on any atom is 0.308 e. The van der Waals surface area contributed by atoms with Crippen LogP contribution in [0.15, 0.2) is 12.3 Å². The van der Waals surface area contributed by atoms with Gasteiger partial charge in [0.2, 0.25) is 0 Å². The average Bonchev–Trinajstić information content (AvgIpc) is 2.07. The Bertz CT molecular complexity index is 323. The zero-order chi connectivity index (χ0) is 9.84. The second-order valence-corrected chi connectivity index (χ2v) is 2.67. The van der Waals surface area contributed by atoms with Crippen molar-refractivity contribution in [2.24, 2.45) is 0 Å².